The van der Waals surface area contributed by atoms with Crippen LogP contribution in [0, 0.1) is 19.8 Å². The molecule has 0 saturated carbocycles. The van der Waals surface area contributed by atoms with Gasteiger partial charge in [0.25, 0.3) is 5.56 Å². The molecule has 4 aromatic rings. The molecule has 0 aliphatic rings. The molecule has 3 heterocycles. The summed E-state index contributed by atoms with van der Waals surface area (Å²) in [6, 6.07) is 9.39. The van der Waals surface area contributed by atoms with E-state index in [1.54, 1.807) is 11.7 Å². The Hall–Kier alpha value is -3.13. The number of benzene rings is 1. The minimum Gasteiger partial charge on any atom is -0.298 e. The summed E-state index contributed by atoms with van der Waals surface area (Å²) in [7, 11) is 1.64. The zero-order valence-electron chi connectivity index (χ0n) is 18.3. The molecule has 0 fully saturated rings. The first-order chi connectivity index (χ1) is 14.7. The van der Waals surface area contributed by atoms with Crippen LogP contribution in [0.15, 0.2) is 39.9 Å². The predicted molar refractivity (Wildman–Crippen MR) is 121 cm³/mol. The molecule has 162 valence electrons. The normalized spacial score (nSPS) is 11.7. The topological polar surface area (TPSA) is 79.6 Å². The van der Waals surface area contributed by atoms with Crippen molar-refractivity contribution >= 4 is 22.8 Å². The van der Waals surface area contributed by atoms with Gasteiger partial charge in [-0.2, -0.15) is 10.1 Å². The molecular formula is C22H25ClN6O2. The minimum absolute atomic E-state index is 0.144. The molecule has 0 atom stereocenters. The SMILES string of the molecule is Cc1cc(C)n(-c2nc3c(c(=O)n(CC(C)C)c(=O)n3C)n2Cc2ccc(Cl)cc2)n1. The molecular weight excluding hydrogens is 416 g/mol. The average molecular weight is 441 g/mol. The van der Waals surface area contributed by atoms with Crippen molar-refractivity contribution in [3.8, 4) is 5.95 Å². The molecule has 4 rings (SSSR count). The van der Waals surface area contributed by atoms with Gasteiger partial charge in [0.1, 0.15) is 0 Å². The molecule has 0 N–H and O–H groups in total. The fraction of sp³-hybridized carbons (Fsp3) is 0.364. The molecule has 0 unspecified atom stereocenters. The molecule has 0 amide bonds. The smallest absolute Gasteiger partial charge is 0.298 e. The van der Waals surface area contributed by atoms with E-state index < -0.39 is 0 Å². The fourth-order valence-corrected chi connectivity index (χ4v) is 3.93. The zero-order chi connectivity index (χ0) is 22.4. The molecule has 1 aromatic carbocycles. The van der Waals surface area contributed by atoms with Crippen molar-refractivity contribution in [3.05, 3.63) is 73.1 Å². The van der Waals surface area contributed by atoms with E-state index in [0.717, 1.165) is 17.0 Å². The third kappa shape index (κ3) is 3.72. The van der Waals surface area contributed by atoms with Crippen LogP contribution in [0.3, 0.4) is 0 Å². The largest absolute Gasteiger partial charge is 0.332 e. The van der Waals surface area contributed by atoms with Crippen LogP contribution < -0.4 is 11.2 Å². The van der Waals surface area contributed by atoms with E-state index in [4.69, 9.17) is 16.6 Å². The zero-order valence-corrected chi connectivity index (χ0v) is 19.0. The van der Waals surface area contributed by atoms with E-state index in [2.05, 4.69) is 5.10 Å². The number of aryl methyl sites for hydroxylation is 3. The summed E-state index contributed by atoms with van der Waals surface area (Å²) in [6.45, 7) is 8.51. The van der Waals surface area contributed by atoms with Gasteiger partial charge < -0.3 is 0 Å². The van der Waals surface area contributed by atoms with Crippen LogP contribution in [0.25, 0.3) is 17.1 Å². The first kappa shape index (κ1) is 21.1. The van der Waals surface area contributed by atoms with Crippen LogP contribution >= 0.6 is 11.6 Å². The van der Waals surface area contributed by atoms with Crippen LogP contribution in [0.1, 0.15) is 30.8 Å². The van der Waals surface area contributed by atoms with Crippen molar-refractivity contribution in [1.29, 1.82) is 0 Å². The van der Waals surface area contributed by atoms with Gasteiger partial charge >= 0.3 is 5.69 Å². The number of rotatable bonds is 5. The van der Waals surface area contributed by atoms with Crippen molar-refractivity contribution in [2.24, 2.45) is 13.0 Å². The number of nitrogens with zero attached hydrogens (tertiary/aromatic N) is 6. The summed E-state index contributed by atoms with van der Waals surface area (Å²) in [5.74, 6) is 0.635. The van der Waals surface area contributed by atoms with Crippen LogP contribution in [0.2, 0.25) is 5.02 Å². The molecule has 0 aliphatic heterocycles. The standard InChI is InChI=1S/C22H25ClN6O2/c1-13(2)11-28-20(30)18-19(26(5)22(28)31)24-21(29-15(4)10-14(3)25-29)27(18)12-16-6-8-17(23)9-7-16/h6-10,13H,11-12H2,1-5H3. The van der Waals surface area contributed by atoms with E-state index in [-0.39, 0.29) is 17.2 Å². The van der Waals surface area contributed by atoms with Crippen LogP contribution in [0.4, 0.5) is 0 Å². The van der Waals surface area contributed by atoms with E-state index >= 15 is 0 Å². The number of fused-ring (bicyclic) bond motifs is 1. The third-order valence-electron chi connectivity index (χ3n) is 5.21. The molecule has 3 aromatic heterocycles. The third-order valence-corrected chi connectivity index (χ3v) is 5.46. The summed E-state index contributed by atoms with van der Waals surface area (Å²) in [4.78, 5) is 31.1. The second-order valence-electron chi connectivity index (χ2n) is 8.29. The Morgan fingerprint density at radius 1 is 1.06 bits per heavy atom. The molecule has 0 saturated heterocycles. The molecule has 0 radical (unpaired) electrons. The number of hydrogen-bond acceptors (Lipinski definition) is 4. The van der Waals surface area contributed by atoms with Gasteiger partial charge in [0.05, 0.1) is 12.2 Å². The summed E-state index contributed by atoms with van der Waals surface area (Å²) in [5, 5.41) is 5.20. The van der Waals surface area contributed by atoms with Gasteiger partial charge in [0.2, 0.25) is 5.95 Å². The van der Waals surface area contributed by atoms with Crippen molar-refractivity contribution < 1.29 is 0 Å². The van der Waals surface area contributed by atoms with Gasteiger partial charge in [-0.3, -0.25) is 18.5 Å². The van der Waals surface area contributed by atoms with Crippen molar-refractivity contribution in [3.63, 3.8) is 0 Å². The molecule has 0 spiro atoms. The van der Waals surface area contributed by atoms with Gasteiger partial charge in [-0.15, -0.1) is 0 Å². The summed E-state index contributed by atoms with van der Waals surface area (Å²) in [6.07, 6.45) is 0. The lowest BCUT2D eigenvalue weighted by molar-refractivity contribution is 0.484. The molecule has 31 heavy (non-hydrogen) atoms. The van der Waals surface area contributed by atoms with E-state index in [9.17, 15) is 9.59 Å². The quantitative estimate of drug-likeness (QED) is 0.477. The first-order valence-electron chi connectivity index (χ1n) is 10.2. The Kier molecular flexibility index (Phi) is 5.35. The monoisotopic (exact) mass is 440 g/mol. The average Bonchev–Trinajstić information content (AvgIpc) is 3.24. The lowest BCUT2D eigenvalue weighted by atomic mass is 10.2. The summed E-state index contributed by atoms with van der Waals surface area (Å²) in [5.41, 5.74) is 2.68. The number of hydrogen-bond donors (Lipinski definition) is 0. The highest BCUT2D eigenvalue weighted by molar-refractivity contribution is 6.30. The Balaban J connectivity index is 2.06. The summed E-state index contributed by atoms with van der Waals surface area (Å²) < 4.78 is 6.27. The Labute approximate surface area is 184 Å². The number of halogens is 1. The maximum Gasteiger partial charge on any atom is 0.332 e. The lowest BCUT2D eigenvalue weighted by Crippen LogP contribution is -2.40. The van der Waals surface area contributed by atoms with Crippen LogP contribution in [-0.4, -0.2) is 28.5 Å². The van der Waals surface area contributed by atoms with Gasteiger partial charge in [-0.1, -0.05) is 37.6 Å². The van der Waals surface area contributed by atoms with Crippen LogP contribution in [0.5, 0.6) is 0 Å². The highest BCUT2D eigenvalue weighted by atomic mass is 35.5. The van der Waals surface area contributed by atoms with Gasteiger partial charge in [0, 0.05) is 24.3 Å². The van der Waals surface area contributed by atoms with Crippen molar-refractivity contribution in [2.75, 3.05) is 0 Å². The molecule has 0 aliphatic carbocycles. The highest BCUT2D eigenvalue weighted by Crippen LogP contribution is 2.20. The second-order valence-corrected chi connectivity index (χ2v) is 8.72. The van der Waals surface area contributed by atoms with Gasteiger partial charge in [0.15, 0.2) is 11.2 Å². The van der Waals surface area contributed by atoms with Crippen LogP contribution in [-0.2, 0) is 20.1 Å². The van der Waals surface area contributed by atoms with E-state index in [0.29, 0.717) is 35.2 Å². The maximum absolute atomic E-state index is 13.5. The molecule has 9 heteroatoms. The van der Waals surface area contributed by atoms with E-state index in [1.165, 1.54) is 9.13 Å². The van der Waals surface area contributed by atoms with Crippen molar-refractivity contribution in [2.45, 2.75) is 40.8 Å². The highest BCUT2D eigenvalue weighted by Gasteiger charge is 2.23. The Morgan fingerprint density at radius 2 is 1.74 bits per heavy atom. The fourth-order valence-electron chi connectivity index (χ4n) is 3.80. The number of imidazole rings is 1. The first-order valence-corrected chi connectivity index (χ1v) is 10.5. The van der Waals surface area contributed by atoms with Gasteiger partial charge in [-0.05, 0) is 43.5 Å². The number of aromatic nitrogens is 6. The Bertz CT molecular complexity index is 1390. The lowest BCUT2D eigenvalue weighted by Gasteiger charge is -2.13. The summed E-state index contributed by atoms with van der Waals surface area (Å²) >= 11 is 6.05. The van der Waals surface area contributed by atoms with Crippen molar-refractivity contribution in [1.82, 2.24) is 28.5 Å². The van der Waals surface area contributed by atoms with E-state index in [1.807, 2.05) is 62.6 Å². The minimum atomic E-state index is -0.373. The Morgan fingerprint density at radius 3 is 2.32 bits per heavy atom. The predicted octanol–water partition coefficient (Wildman–Crippen LogP) is 3.06. The molecule has 8 nitrogen and oxygen atoms in total. The molecule has 0 bridgehead atoms. The maximum atomic E-state index is 13.5. The van der Waals surface area contributed by atoms with Gasteiger partial charge in [-0.25, -0.2) is 9.48 Å². The second kappa shape index (κ2) is 7.85.